The third-order valence-corrected chi connectivity index (χ3v) is 3.83. The van der Waals surface area contributed by atoms with Gasteiger partial charge in [0.1, 0.15) is 0 Å². The Morgan fingerprint density at radius 3 is 2.20 bits per heavy atom. The van der Waals surface area contributed by atoms with E-state index in [0.717, 1.165) is 0 Å². The van der Waals surface area contributed by atoms with Gasteiger partial charge in [0.15, 0.2) is 6.29 Å². The van der Waals surface area contributed by atoms with Crippen LogP contribution in [0.25, 0.3) is 11.6 Å². The molecule has 0 N–H and O–H groups in total. The largest absolute Gasteiger partial charge is 0.298 e. The molecule has 0 aliphatic carbocycles. The van der Waals surface area contributed by atoms with Crippen molar-refractivity contribution in [3.05, 3.63) is 40.8 Å². The molecule has 0 saturated carbocycles. The van der Waals surface area contributed by atoms with E-state index >= 15 is 0 Å². The molecule has 1 aromatic carbocycles. The highest BCUT2D eigenvalue weighted by molar-refractivity contribution is 8.13. The van der Waals surface area contributed by atoms with Crippen molar-refractivity contribution in [3.8, 4) is 0 Å². The predicted molar refractivity (Wildman–Crippen MR) is 84.5 cm³/mol. The third kappa shape index (κ3) is 4.62. The van der Waals surface area contributed by atoms with Crippen molar-refractivity contribution in [3.63, 3.8) is 0 Å². The lowest BCUT2D eigenvalue weighted by atomic mass is 10.1. The molecule has 110 valence electrons. The van der Waals surface area contributed by atoms with Gasteiger partial charge < -0.3 is 0 Å². The molecule has 0 saturated heterocycles. The van der Waals surface area contributed by atoms with Crippen molar-refractivity contribution in [2.24, 2.45) is 0 Å². The van der Waals surface area contributed by atoms with Crippen LogP contribution in [0.2, 0.25) is 0 Å². The average Bonchev–Trinajstić information content (AvgIpc) is 2.40. The van der Waals surface area contributed by atoms with Crippen molar-refractivity contribution < 1.29 is 13.2 Å². The molecule has 1 aromatic rings. The Hall–Kier alpha value is -1.39. The van der Waals surface area contributed by atoms with Gasteiger partial charge in [-0.1, -0.05) is 32.6 Å². The van der Waals surface area contributed by atoms with E-state index in [2.05, 4.69) is 6.58 Å². The highest BCUT2D eigenvalue weighted by atomic mass is 35.7. The molecule has 0 atom stereocenters. The van der Waals surface area contributed by atoms with Crippen molar-refractivity contribution in [2.75, 3.05) is 0 Å². The number of hydrogen-bond donors (Lipinski definition) is 0. The summed E-state index contributed by atoms with van der Waals surface area (Å²) >= 11 is 0. The quantitative estimate of drug-likeness (QED) is 0.636. The van der Waals surface area contributed by atoms with E-state index in [4.69, 9.17) is 10.7 Å². The molecule has 0 aliphatic heterocycles. The normalized spacial score (nSPS) is 13.2. The molecular formula is C15H19ClO3S. The van der Waals surface area contributed by atoms with Crippen LogP contribution in [0.1, 0.15) is 27.7 Å². The van der Waals surface area contributed by atoms with E-state index in [1.54, 1.807) is 26.0 Å². The van der Waals surface area contributed by atoms with Crippen LogP contribution in [0.15, 0.2) is 35.2 Å². The predicted octanol–water partition coefficient (Wildman–Crippen LogP) is 2.37. The highest BCUT2D eigenvalue weighted by Crippen LogP contribution is 2.11. The van der Waals surface area contributed by atoms with E-state index in [1.165, 1.54) is 12.1 Å². The third-order valence-electron chi connectivity index (χ3n) is 2.48. The first-order valence-corrected chi connectivity index (χ1v) is 8.48. The summed E-state index contributed by atoms with van der Waals surface area (Å²) in [5.41, 5.74) is 1.07. The first kappa shape index (κ1) is 18.6. The van der Waals surface area contributed by atoms with Gasteiger partial charge in [-0.05, 0) is 42.0 Å². The Bertz CT molecular complexity index is 716. The van der Waals surface area contributed by atoms with Gasteiger partial charge in [0, 0.05) is 16.3 Å². The standard InChI is InChI=1S/C13H13ClO3S.C2H6/c1-4-10-7-11(18(14,16)17)5-6-12(10)13(8-15)9(2)3;1-2/h4-8H,2H2,1,3H3;1-2H3/b10-4-,13-12-;. The molecule has 0 aliphatic rings. The van der Waals surface area contributed by atoms with Crippen LogP contribution in [0.4, 0.5) is 0 Å². The zero-order valence-corrected chi connectivity index (χ0v) is 13.7. The fourth-order valence-electron chi connectivity index (χ4n) is 1.57. The lowest BCUT2D eigenvalue weighted by molar-refractivity contribution is -0.103. The van der Waals surface area contributed by atoms with Gasteiger partial charge in [0.05, 0.1) is 4.90 Å². The summed E-state index contributed by atoms with van der Waals surface area (Å²) in [6, 6.07) is 4.37. The summed E-state index contributed by atoms with van der Waals surface area (Å²) in [5, 5.41) is 1.27. The second-order valence-electron chi connectivity index (χ2n) is 3.79. The van der Waals surface area contributed by atoms with Crippen LogP contribution in [0.3, 0.4) is 0 Å². The number of benzene rings is 1. The molecule has 0 bridgehead atoms. The summed E-state index contributed by atoms with van der Waals surface area (Å²) in [6.07, 6.45) is 2.42. The van der Waals surface area contributed by atoms with E-state index in [1.807, 2.05) is 13.8 Å². The number of carbonyl (C=O) groups excluding carboxylic acids is 1. The zero-order valence-electron chi connectivity index (χ0n) is 12.1. The minimum atomic E-state index is -3.77. The van der Waals surface area contributed by atoms with Crippen molar-refractivity contribution in [1.29, 1.82) is 0 Å². The number of hydrogen-bond acceptors (Lipinski definition) is 3. The highest BCUT2D eigenvalue weighted by Gasteiger charge is 2.10. The summed E-state index contributed by atoms with van der Waals surface area (Å²) < 4.78 is 22.5. The van der Waals surface area contributed by atoms with Gasteiger partial charge in [0.25, 0.3) is 9.05 Å². The average molecular weight is 315 g/mol. The summed E-state index contributed by atoms with van der Waals surface area (Å²) in [6.45, 7) is 11.2. The van der Waals surface area contributed by atoms with E-state index < -0.39 is 9.05 Å². The number of halogens is 1. The van der Waals surface area contributed by atoms with E-state index in [9.17, 15) is 13.2 Å². The summed E-state index contributed by atoms with van der Waals surface area (Å²) in [7, 11) is 1.51. The topological polar surface area (TPSA) is 51.2 Å². The number of aldehydes is 1. The Labute approximate surface area is 124 Å². The first-order valence-electron chi connectivity index (χ1n) is 6.17. The molecule has 0 amide bonds. The van der Waals surface area contributed by atoms with Gasteiger partial charge in [-0.2, -0.15) is 0 Å². The monoisotopic (exact) mass is 314 g/mol. The molecule has 1 rings (SSSR count). The van der Waals surface area contributed by atoms with Crippen LogP contribution >= 0.6 is 10.7 Å². The molecular weight excluding hydrogens is 296 g/mol. The number of allylic oxidation sites excluding steroid dienone is 1. The first-order chi connectivity index (χ1) is 9.31. The van der Waals surface area contributed by atoms with E-state index in [0.29, 0.717) is 27.9 Å². The summed E-state index contributed by atoms with van der Waals surface area (Å²) in [4.78, 5) is 11.0. The zero-order chi connectivity index (χ0) is 15.9. The smallest absolute Gasteiger partial charge is 0.261 e. The van der Waals surface area contributed by atoms with Crippen LogP contribution in [0, 0.1) is 0 Å². The van der Waals surface area contributed by atoms with Crippen molar-refractivity contribution in [2.45, 2.75) is 32.6 Å². The Morgan fingerprint density at radius 1 is 1.30 bits per heavy atom. The minimum Gasteiger partial charge on any atom is -0.298 e. The lowest BCUT2D eigenvalue weighted by Gasteiger charge is -2.01. The van der Waals surface area contributed by atoms with Gasteiger partial charge in [0.2, 0.25) is 0 Å². The van der Waals surface area contributed by atoms with Crippen LogP contribution in [-0.2, 0) is 13.8 Å². The van der Waals surface area contributed by atoms with Gasteiger partial charge in [-0.15, -0.1) is 0 Å². The molecule has 5 heteroatoms. The van der Waals surface area contributed by atoms with Gasteiger partial charge >= 0.3 is 0 Å². The maximum Gasteiger partial charge on any atom is 0.261 e. The van der Waals surface area contributed by atoms with Crippen molar-refractivity contribution >= 4 is 37.7 Å². The molecule has 0 aromatic heterocycles. The molecule has 0 spiro atoms. The SMILES string of the molecule is C=C(C)/C(C=O)=c1/ccc(S(=O)(=O)Cl)c/c1=C/C.CC. The fraction of sp³-hybridized carbons (Fsp3) is 0.267. The molecule has 0 radical (unpaired) electrons. The minimum absolute atomic E-state index is 0.00739. The van der Waals surface area contributed by atoms with Gasteiger partial charge in [-0.3, -0.25) is 4.79 Å². The Balaban J connectivity index is 0.00000172. The van der Waals surface area contributed by atoms with Gasteiger partial charge in [-0.25, -0.2) is 8.42 Å². The van der Waals surface area contributed by atoms with Crippen LogP contribution in [-0.4, -0.2) is 14.7 Å². The fourth-order valence-corrected chi connectivity index (χ4v) is 2.36. The molecule has 0 heterocycles. The second-order valence-corrected chi connectivity index (χ2v) is 6.35. The molecule has 3 nitrogen and oxygen atoms in total. The molecule has 0 fully saturated rings. The molecule has 0 unspecified atom stereocenters. The summed E-state index contributed by atoms with van der Waals surface area (Å²) in [5.74, 6) is 0. The second kappa shape index (κ2) is 8.02. The van der Waals surface area contributed by atoms with Crippen molar-refractivity contribution in [1.82, 2.24) is 0 Å². The number of carbonyl (C=O) groups is 1. The maximum atomic E-state index is 11.2. The molecule has 20 heavy (non-hydrogen) atoms. The van der Waals surface area contributed by atoms with Crippen LogP contribution in [0.5, 0.6) is 0 Å². The number of rotatable bonds is 3. The van der Waals surface area contributed by atoms with Crippen LogP contribution < -0.4 is 10.4 Å². The Kier molecular flexibility index (Phi) is 7.46. The Morgan fingerprint density at radius 2 is 1.85 bits per heavy atom. The maximum absolute atomic E-state index is 11.2. The van der Waals surface area contributed by atoms with E-state index in [-0.39, 0.29) is 4.90 Å². The lowest BCUT2D eigenvalue weighted by Crippen LogP contribution is -2.28.